The highest BCUT2D eigenvalue weighted by molar-refractivity contribution is 5.79. The average molecular weight is 393 g/mol. The Kier molecular flexibility index (Phi) is 7.22. The first-order chi connectivity index (χ1) is 14.2. The Hall–Kier alpha value is -3.35. The molecule has 3 N–H and O–H groups in total. The first-order valence-corrected chi connectivity index (χ1v) is 9.80. The second kappa shape index (κ2) is 10.3. The Morgan fingerprint density at radius 1 is 1.14 bits per heavy atom. The minimum atomic E-state index is 0.579. The first kappa shape index (κ1) is 20.4. The maximum absolute atomic E-state index is 5.41. The van der Waals surface area contributed by atoms with Gasteiger partial charge in [-0.05, 0) is 49.1 Å². The molecule has 0 atom stereocenters. The van der Waals surface area contributed by atoms with Crippen molar-refractivity contribution in [2.24, 2.45) is 4.99 Å². The molecule has 7 nitrogen and oxygen atoms in total. The summed E-state index contributed by atoms with van der Waals surface area (Å²) in [7, 11) is 1.71. The molecule has 7 heteroatoms. The third-order valence-electron chi connectivity index (χ3n) is 4.56. The van der Waals surface area contributed by atoms with E-state index in [-0.39, 0.29) is 0 Å². The molecular weight excluding hydrogens is 364 g/mol. The van der Waals surface area contributed by atoms with Crippen LogP contribution in [0.15, 0.2) is 53.8 Å². The van der Waals surface area contributed by atoms with Crippen LogP contribution in [0.25, 0.3) is 11.4 Å². The van der Waals surface area contributed by atoms with Crippen LogP contribution in [-0.4, -0.2) is 41.3 Å². The van der Waals surface area contributed by atoms with E-state index in [9.17, 15) is 0 Å². The Labute approximate surface area is 171 Å². The summed E-state index contributed by atoms with van der Waals surface area (Å²) in [5.41, 5.74) is 4.49. The number of hydrogen-bond acceptors (Lipinski definition) is 4. The standard InChI is InChI=1S/C22H28N6O/c1-4-23-22(24-11-10-17-9-8-16(2)20(13-17)29-3)25-14-18-6-5-7-19(12-18)21-26-15-27-28-21/h5-9,12-13,15H,4,10-11,14H2,1-3H3,(H2,23,24,25)(H,26,27,28). The maximum atomic E-state index is 5.41. The Bertz CT molecular complexity index is 936. The summed E-state index contributed by atoms with van der Waals surface area (Å²) in [5, 5.41) is 13.5. The predicted molar refractivity (Wildman–Crippen MR) is 116 cm³/mol. The van der Waals surface area contributed by atoms with Gasteiger partial charge in [-0.15, -0.1) is 0 Å². The molecule has 0 aliphatic heterocycles. The molecule has 152 valence electrons. The number of aromatic amines is 1. The molecule has 0 aliphatic rings. The number of nitrogens with one attached hydrogen (secondary N) is 3. The predicted octanol–water partition coefficient (Wildman–Crippen LogP) is 3.09. The molecule has 0 spiro atoms. The molecule has 3 aromatic rings. The highest BCUT2D eigenvalue weighted by atomic mass is 16.5. The van der Waals surface area contributed by atoms with E-state index in [0.29, 0.717) is 6.54 Å². The van der Waals surface area contributed by atoms with Gasteiger partial charge in [0.25, 0.3) is 0 Å². The normalized spacial score (nSPS) is 11.3. The molecule has 0 radical (unpaired) electrons. The van der Waals surface area contributed by atoms with E-state index in [1.165, 1.54) is 11.9 Å². The quantitative estimate of drug-likeness (QED) is 0.405. The largest absolute Gasteiger partial charge is 0.496 e. The van der Waals surface area contributed by atoms with Crippen molar-refractivity contribution in [1.82, 2.24) is 25.8 Å². The number of aliphatic imine (C=N–C) groups is 1. The second-order valence-electron chi connectivity index (χ2n) is 6.71. The van der Waals surface area contributed by atoms with Crippen molar-refractivity contribution in [2.45, 2.75) is 26.8 Å². The summed E-state index contributed by atoms with van der Waals surface area (Å²) < 4.78 is 5.41. The molecule has 0 aliphatic carbocycles. The van der Waals surface area contributed by atoms with Gasteiger partial charge < -0.3 is 15.4 Å². The summed E-state index contributed by atoms with van der Waals surface area (Å²) in [5.74, 6) is 2.49. The highest BCUT2D eigenvalue weighted by Crippen LogP contribution is 2.19. The fourth-order valence-corrected chi connectivity index (χ4v) is 3.02. The third kappa shape index (κ3) is 5.81. The lowest BCUT2D eigenvalue weighted by atomic mass is 10.1. The topological polar surface area (TPSA) is 87.2 Å². The van der Waals surface area contributed by atoms with Crippen molar-refractivity contribution >= 4 is 5.96 Å². The van der Waals surface area contributed by atoms with Gasteiger partial charge in [-0.3, -0.25) is 5.10 Å². The van der Waals surface area contributed by atoms with Crippen molar-refractivity contribution in [2.75, 3.05) is 20.2 Å². The smallest absolute Gasteiger partial charge is 0.191 e. The Morgan fingerprint density at radius 3 is 2.79 bits per heavy atom. The van der Waals surface area contributed by atoms with Crippen LogP contribution in [0, 0.1) is 6.92 Å². The lowest BCUT2D eigenvalue weighted by molar-refractivity contribution is 0.411. The van der Waals surface area contributed by atoms with Crippen molar-refractivity contribution in [3.63, 3.8) is 0 Å². The molecule has 0 saturated carbocycles. The summed E-state index contributed by atoms with van der Waals surface area (Å²) >= 11 is 0. The molecule has 2 aromatic carbocycles. The van der Waals surface area contributed by atoms with E-state index in [4.69, 9.17) is 9.73 Å². The van der Waals surface area contributed by atoms with Gasteiger partial charge in [0.2, 0.25) is 0 Å². The van der Waals surface area contributed by atoms with Crippen LogP contribution in [0.2, 0.25) is 0 Å². The van der Waals surface area contributed by atoms with Crippen LogP contribution >= 0.6 is 0 Å². The van der Waals surface area contributed by atoms with E-state index in [2.05, 4.69) is 63.1 Å². The van der Waals surface area contributed by atoms with Crippen molar-refractivity contribution in [3.8, 4) is 17.1 Å². The molecular formula is C22H28N6O. The summed E-state index contributed by atoms with van der Waals surface area (Å²) in [6.45, 7) is 6.29. The average Bonchev–Trinajstić information content (AvgIpc) is 3.28. The van der Waals surface area contributed by atoms with Crippen molar-refractivity contribution < 1.29 is 4.74 Å². The van der Waals surface area contributed by atoms with Gasteiger partial charge >= 0.3 is 0 Å². The Balaban J connectivity index is 1.59. The number of H-pyrrole nitrogens is 1. The lowest BCUT2D eigenvalue weighted by Gasteiger charge is -2.12. The fraction of sp³-hybridized carbons (Fsp3) is 0.318. The molecule has 0 saturated heterocycles. The van der Waals surface area contributed by atoms with Gasteiger partial charge in [0.1, 0.15) is 12.1 Å². The SMILES string of the molecule is CCNC(=NCc1cccc(-c2ncn[nH]2)c1)NCCc1ccc(C)c(OC)c1. The molecule has 0 fully saturated rings. The van der Waals surface area contributed by atoms with Gasteiger partial charge in [0.15, 0.2) is 11.8 Å². The van der Waals surface area contributed by atoms with Crippen LogP contribution in [-0.2, 0) is 13.0 Å². The lowest BCUT2D eigenvalue weighted by Crippen LogP contribution is -2.38. The maximum Gasteiger partial charge on any atom is 0.191 e. The van der Waals surface area contributed by atoms with Crippen LogP contribution in [0.3, 0.4) is 0 Å². The summed E-state index contributed by atoms with van der Waals surface area (Å²) in [6, 6.07) is 14.5. The van der Waals surface area contributed by atoms with Crippen LogP contribution in [0.1, 0.15) is 23.6 Å². The van der Waals surface area contributed by atoms with E-state index >= 15 is 0 Å². The number of guanidine groups is 1. The van der Waals surface area contributed by atoms with Gasteiger partial charge in [0.05, 0.1) is 13.7 Å². The molecule has 0 unspecified atom stereocenters. The van der Waals surface area contributed by atoms with Crippen LogP contribution < -0.4 is 15.4 Å². The Morgan fingerprint density at radius 2 is 2.03 bits per heavy atom. The third-order valence-corrected chi connectivity index (χ3v) is 4.56. The monoisotopic (exact) mass is 392 g/mol. The number of ether oxygens (including phenoxy) is 1. The van der Waals surface area contributed by atoms with Gasteiger partial charge in [-0.2, -0.15) is 5.10 Å². The number of aryl methyl sites for hydroxylation is 1. The minimum Gasteiger partial charge on any atom is -0.496 e. The fourth-order valence-electron chi connectivity index (χ4n) is 3.02. The van der Waals surface area contributed by atoms with Crippen LogP contribution in [0.4, 0.5) is 0 Å². The summed E-state index contributed by atoms with van der Waals surface area (Å²) in [4.78, 5) is 8.91. The highest BCUT2D eigenvalue weighted by Gasteiger charge is 2.04. The molecule has 1 heterocycles. The van der Waals surface area contributed by atoms with Crippen LogP contribution in [0.5, 0.6) is 5.75 Å². The van der Waals surface area contributed by atoms with Gasteiger partial charge in [0, 0.05) is 18.7 Å². The van der Waals surface area contributed by atoms with Gasteiger partial charge in [-0.25, -0.2) is 9.98 Å². The number of aromatic nitrogens is 3. The minimum absolute atomic E-state index is 0.579. The number of benzene rings is 2. The van der Waals surface area contributed by atoms with Crippen molar-refractivity contribution in [1.29, 1.82) is 0 Å². The number of rotatable bonds is 8. The van der Waals surface area contributed by atoms with Gasteiger partial charge in [-0.1, -0.05) is 30.3 Å². The number of methoxy groups -OCH3 is 1. The van der Waals surface area contributed by atoms with E-state index in [1.807, 2.05) is 19.1 Å². The molecule has 0 amide bonds. The zero-order valence-electron chi connectivity index (χ0n) is 17.2. The molecule has 29 heavy (non-hydrogen) atoms. The first-order valence-electron chi connectivity index (χ1n) is 9.80. The molecule has 3 rings (SSSR count). The molecule has 0 bridgehead atoms. The zero-order chi connectivity index (χ0) is 20.5. The number of nitrogens with zero attached hydrogens (tertiary/aromatic N) is 3. The molecule has 1 aromatic heterocycles. The van der Waals surface area contributed by atoms with E-state index < -0.39 is 0 Å². The summed E-state index contributed by atoms with van der Waals surface area (Å²) in [6.07, 6.45) is 2.40. The number of hydrogen-bond donors (Lipinski definition) is 3. The van der Waals surface area contributed by atoms with E-state index in [1.54, 1.807) is 7.11 Å². The second-order valence-corrected chi connectivity index (χ2v) is 6.71. The van der Waals surface area contributed by atoms with E-state index in [0.717, 1.165) is 53.7 Å². The van der Waals surface area contributed by atoms with Crippen molar-refractivity contribution in [3.05, 3.63) is 65.5 Å². The zero-order valence-corrected chi connectivity index (χ0v) is 17.2.